The number of oxazole rings is 1. The molecule has 0 atom stereocenters. The summed E-state index contributed by atoms with van der Waals surface area (Å²) in [5.74, 6) is -0.541. The van der Waals surface area contributed by atoms with Gasteiger partial charge in [-0.2, -0.15) is 4.31 Å². The molecule has 2 aromatic rings. The number of aliphatic hydroxyl groups excluding tert-OH is 1. The molecule has 0 radical (unpaired) electrons. The van der Waals surface area contributed by atoms with E-state index in [9.17, 15) is 13.2 Å². The number of aliphatic hydroxyl groups is 1. The Morgan fingerprint density at radius 3 is 2.67 bits per heavy atom. The third-order valence-electron chi connectivity index (χ3n) is 3.22. The molecule has 0 amide bonds. The van der Waals surface area contributed by atoms with Gasteiger partial charge in [0.05, 0.1) is 17.0 Å². The molecule has 0 saturated carbocycles. The number of fused-ring (bicyclic) bond motifs is 1. The molecule has 0 unspecified atom stereocenters. The number of benzene rings is 1. The molecule has 0 fully saturated rings. The van der Waals surface area contributed by atoms with Crippen LogP contribution in [0.4, 0.5) is 0 Å². The van der Waals surface area contributed by atoms with Crippen LogP contribution in [0.25, 0.3) is 11.1 Å². The van der Waals surface area contributed by atoms with E-state index in [1.54, 1.807) is 7.05 Å². The summed E-state index contributed by atoms with van der Waals surface area (Å²) < 4.78 is 32.6. The lowest BCUT2D eigenvalue weighted by Crippen LogP contribution is -2.34. The van der Waals surface area contributed by atoms with E-state index < -0.39 is 15.8 Å². The normalized spacial score (nSPS) is 12.4. The summed E-state index contributed by atoms with van der Waals surface area (Å²) in [7, 11) is -2.17. The van der Waals surface area contributed by atoms with Crippen molar-refractivity contribution in [2.45, 2.75) is 18.2 Å². The quantitative estimate of drug-likeness (QED) is 0.839. The van der Waals surface area contributed by atoms with Crippen LogP contribution in [0.3, 0.4) is 0 Å². The molecule has 1 N–H and O–H groups in total. The van der Waals surface area contributed by atoms with Crippen molar-refractivity contribution in [2.24, 2.45) is 7.05 Å². The highest BCUT2D eigenvalue weighted by Crippen LogP contribution is 2.21. The Labute approximate surface area is 122 Å². The first-order valence-electron chi connectivity index (χ1n) is 6.62. The molecular formula is C13H18N2O5S. The fraction of sp³-hybridized carbons (Fsp3) is 0.462. The van der Waals surface area contributed by atoms with Gasteiger partial charge < -0.3 is 9.52 Å². The molecular weight excluding hydrogens is 296 g/mol. The van der Waals surface area contributed by atoms with Gasteiger partial charge in [0.1, 0.15) is 0 Å². The van der Waals surface area contributed by atoms with Crippen LogP contribution in [0, 0.1) is 0 Å². The SMILES string of the molecule is CCCN(CCO)S(=O)(=O)c1ccc2c(c1)oc(=O)n2C. The number of aryl methyl sites for hydroxylation is 1. The van der Waals surface area contributed by atoms with Gasteiger partial charge in [-0.25, -0.2) is 13.2 Å². The Morgan fingerprint density at radius 2 is 2.05 bits per heavy atom. The minimum atomic E-state index is -3.72. The number of nitrogens with zero attached hydrogens (tertiary/aromatic N) is 2. The van der Waals surface area contributed by atoms with E-state index >= 15 is 0 Å². The van der Waals surface area contributed by atoms with Crippen molar-refractivity contribution < 1.29 is 17.9 Å². The van der Waals surface area contributed by atoms with Crippen LogP contribution in [-0.4, -0.2) is 42.1 Å². The molecule has 7 nitrogen and oxygen atoms in total. The largest absolute Gasteiger partial charge is 0.419 e. The Kier molecular flexibility index (Phi) is 4.50. The van der Waals surface area contributed by atoms with E-state index in [0.717, 1.165) is 0 Å². The second-order valence-electron chi connectivity index (χ2n) is 4.68. The van der Waals surface area contributed by atoms with Gasteiger partial charge in [0, 0.05) is 26.2 Å². The van der Waals surface area contributed by atoms with E-state index in [4.69, 9.17) is 9.52 Å². The summed E-state index contributed by atoms with van der Waals surface area (Å²) in [6.07, 6.45) is 0.641. The number of hydrogen-bond acceptors (Lipinski definition) is 5. The van der Waals surface area contributed by atoms with Crippen LogP contribution in [-0.2, 0) is 17.1 Å². The van der Waals surface area contributed by atoms with Crippen LogP contribution in [0.5, 0.6) is 0 Å². The maximum absolute atomic E-state index is 12.5. The van der Waals surface area contributed by atoms with Crippen molar-refractivity contribution in [1.82, 2.24) is 8.87 Å². The van der Waals surface area contributed by atoms with Gasteiger partial charge in [0.2, 0.25) is 10.0 Å². The van der Waals surface area contributed by atoms with Crippen LogP contribution >= 0.6 is 0 Å². The number of aromatic nitrogens is 1. The average Bonchev–Trinajstić information content (AvgIpc) is 2.73. The smallest absolute Gasteiger partial charge is 0.408 e. The summed E-state index contributed by atoms with van der Waals surface area (Å²) in [4.78, 5) is 11.5. The molecule has 8 heteroatoms. The van der Waals surface area contributed by atoms with Crippen molar-refractivity contribution in [3.8, 4) is 0 Å². The summed E-state index contributed by atoms with van der Waals surface area (Å²) in [6, 6.07) is 4.31. The van der Waals surface area contributed by atoms with Crippen LogP contribution in [0.1, 0.15) is 13.3 Å². The maximum Gasteiger partial charge on any atom is 0.419 e. The number of sulfonamides is 1. The number of rotatable bonds is 6. The molecule has 21 heavy (non-hydrogen) atoms. The lowest BCUT2D eigenvalue weighted by atomic mass is 10.3. The van der Waals surface area contributed by atoms with Crippen molar-refractivity contribution in [1.29, 1.82) is 0 Å². The van der Waals surface area contributed by atoms with Gasteiger partial charge in [0.15, 0.2) is 5.58 Å². The standard InChI is InChI=1S/C13H18N2O5S/c1-3-6-15(7-8-16)21(18,19)10-4-5-11-12(9-10)20-13(17)14(11)2/h4-5,9,16H,3,6-8H2,1-2H3. The maximum atomic E-state index is 12.5. The van der Waals surface area contributed by atoms with Crippen molar-refractivity contribution in [3.05, 3.63) is 28.7 Å². The fourth-order valence-corrected chi connectivity index (χ4v) is 3.68. The topological polar surface area (TPSA) is 92.8 Å². The van der Waals surface area contributed by atoms with Gasteiger partial charge in [-0.1, -0.05) is 6.92 Å². The monoisotopic (exact) mass is 314 g/mol. The fourth-order valence-electron chi connectivity index (χ4n) is 2.14. The minimum Gasteiger partial charge on any atom is -0.408 e. The second-order valence-corrected chi connectivity index (χ2v) is 6.62. The predicted octanol–water partition coefficient (Wildman–Crippen LogP) is 0.524. The molecule has 2 rings (SSSR count). The zero-order chi connectivity index (χ0) is 15.6. The van der Waals surface area contributed by atoms with Crippen LogP contribution in [0.15, 0.2) is 32.3 Å². The highest BCUT2D eigenvalue weighted by Gasteiger charge is 2.24. The zero-order valence-electron chi connectivity index (χ0n) is 11.9. The van der Waals surface area contributed by atoms with Crippen molar-refractivity contribution in [2.75, 3.05) is 19.7 Å². The zero-order valence-corrected chi connectivity index (χ0v) is 12.8. The van der Waals surface area contributed by atoms with Gasteiger partial charge in [-0.15, -0.1) is 0 Å². The third kappa shape index (κ3) is 2.87. The van der Waals surface area contributed by atoms with E-state index in [1.165, 1.54) is 27.1 Å². The average molecular weight is 314 g/mol. The number of hydrogen-bond donors (Lipinski definition) is 1. The van der Waals surface area contributed by atoms with Crippen LogP contribution < -0.4 is 5.76 Å². The Balaban J connectivity index is 2.50. The minimum absolute atomic E-state index is 0.0347. The van der Waals surface area contributed by atoms with E-state index in [1.807, 2.05) is 6.92 Å². The molecule has 0 aliphatic rings. The molecule has 0 aliphatic carbocycles. The molecule has 0 bridgehead atoms. The van der Waals surface area contributed by atoms with Gasteiger partial charge in [-0.3, -0.25) is 4.57 Å². The lowest BCUT2D eigenvalue weighted by molar-refractivity contribution is 0.253. The second kappa shape index (κ2) is 6.00. The molecule has 0 saturated heterocycles. The third-order valence-corrected chi connectivity index (χ3v) is 5.12. The first-order chi connectivity index (χ1) is 9.91. The molecule has 0 aliphatic heterocycles. The highest BCUT2D eigenvalue weighted by molar-refractivity contribution is 7.89. The first kappa shape index (κ1) is 15.7. The van der Waals surface area contributed by atoms with E-state index in [0.29, 0.717) is 18.5 Å². The summed E-state index contributed by atoms with van der Waals surface area (Å²) in [5.41, 5.74) is 0.757. The van der Waals surface area contributed by atoms with Gasteiger partial charge >= 0.3 is 5.76 Å². The summed E-state index contributed by atoms with van der Waals surface area (Å²) >= 11 is 0. The molecule has 1 aromatic carbocycles. The van der Waals surface area contributed by atoms with Gasteiger partial charge in [0.25, 0.3) is 0 Å². The predicted molar refractivity (Wildman–Crippen MR) is 77.6 cm³/mol. The molecule has 1 heterocycles. The summed E-state index contributed by atoms with van der Waals surface area (Å²) in [5, 5.41) is 9.02. The Hall–Kier alpha value is -1.64. The van der Waals surface area contributed by atoms with E-state index in [-0.39, 0.29) is 23.6 Å². The van der Waals surface area contributed by atoms with E-state index in [2.05, 4.69) is 0 Å². The highest BCUT2D eigenvalue weighted by atomic mass is 32.2. The Morgan fingerprint density at radius 1 is 1.33 bits per heavy atom. The first-order valence-corrected chi connectivity index (χ1v) is 8.06. The Bertz CT molecular complexity index is 784. The van der Waals surface area contributed by atoms with Crippen molar-refractivity contribution >= 4 is 21.1 Å². The molecule has 1 aromatic heterocycles. The van der Waals surface area contributed by atoms with Crippen molar-refractivity contribution in [3.63, 3.8) is 0 Å². The molecule has 116 valence electrons. The molecule has 0 spiro atoms. The summed E-state index contributed by atoms with van der Waals surface area (Å²) in [6.45, 7) is 1.97. The van der Waals surface area contributed by atoms with Crippen LogP contribution in [0.2, 0.25) is 0 Å². The van der Waals surface area contributed by atoms with Gasteiger partial charge in [-0.05, 0) is 18.6 Å². The lowest BCUT2D eigenvalue weighted by Gasteiger charge is -2.20.